The number of thiazole rings is 1. The second-order valence-corrected chi connectivity index (χ2v) is 8.75. The molecule has 1 aliphatic heterocycles. The lowest BCUT2D eigenvalue weighted by Gasteiger charge is -2.26. The average Bonchev–Trinajstić information content (AvgIpc) is 3.40. The predicted octanol–water partition coefficient (Wildman–Crippen LogP) is 4.24. The molecular formula is C20H23N3OS2. The van der Waals surface area contributed by atoms with E-state index in [9.17, 15) is 4.79 Å². The molecule has 1 amide bonds. The number of nitrogens with one attached hydrogen (secondary N) is 1. The lowest BCUT2D eigenvalue weighted by Crippen LogP contribution is -2.36. The summed E-state index contributed by atoms with van der Waals surface area (Å²) in [6, 6.07) is 12.7. The molecule has 3 aromatic rings. The van der Waals surface area contributed by atoms with E-state index in [2.05, 4.69) is 38.8 Å². The Bertz CT molecular complexity index is 820. The molecule has 4 nitrogen and oxygen atoms in total. The maximum Gasteiger partial charge on any atom is 0.220 e. The van der Waals surface area contributed by atoms with Gasteiger partial charge in [-0.15, -0.1) is 22.7 Å². The normalized spacial score (nSPS) is 16.2. The second kappa shape index (κ2) is 8.29. The number of likely N-dealkylation sites (tertiary alicyclic amines) is 1. The van der Waals surface area contributed by atoms with E-state index >= 15 is 0 Å². The van der Waals surface area contributed by atoms with E-state index in [4.69, 9.17) is 0 Å². The summed E-state index contributed by atoms with van der Waals surface area (Å²) >= 11 is 3.47. The lowest BCUT2D eigenvalue weighted by atomic mass is 10.2. The Labute approximate surface area is 161 Å². The van der Waals surface area contributed by atoms with Crippen molar-refractivity contribution in [2.45, 2.75) is 31.7 Å². The van der Waals surface area contributed by atoms with Gasteiger partial charge in [0.2, 0.25) is 5.91 Å². The number of benzene rings is 1. The molecule has 136 valence electrons. The molecule has 1 N–H and O–H groups in total. The van der Waals surface area contributed by atoms with Crippen molar-refractivity contribution in [1.82, 2.24) is 15.2 Å². The van der Waals surface area contributed by atoms with Crippen molar-refractivity contribution >= 4 is 38.8 Å². The molecule has 0 radical (unpaired) electrons. The number of thiophene rings is 1. The third-order valence-corrected chi connectivity index (χ3v) is 6.92. The highest BCUT2D eigenvalue weighted by molar-refractivity contribution is 7.18. The van der Waals surface area contributed by atoms with Crippen LogP contribution in [0.5, 0.6) is 0 Å². The summed E-state index contributed by atoms with van der Waals surface area (Å²) < 4.78 is 1.19. The van der Waals surface area contributed by atoms with Crippen LogP contribution in [0.3, 0.4) is 0 Å². The van der Waals surface area contributed by atoms with E-state index in [0.29, 0.717) is 25.4 Å². The fraction of sp³-hybridized carbons (Fsp3) is 0.400. The molecule has 0 spiro atoms. The Morgan fingerprint density at radius 1 is 1.19 bits per heavy atom. The summed E-state index contributed by atoms with van der Waals surface area (Å²) in [5, 5.41) is 6.31. The monoisotopic (exact) mass is 385 g/mol. The van der Waals surface area contributed by atoms with E-state index in [0.717, 1.165) is 23.6 Å². The van der Waals surface area contributed by atoms with E-state index < -0.39 is 0 Å². The van der Waals surface area contributed by atoms with Crippen molar-refractivity contribution < 1.29 is 4.79 Å². The minimum absolute atomic E-state index is 0.116. The van der Waals surface area contributed by atoms with Gasteiger partial charge in [-0.1, -0.05) is 18.2 Å². The van der Waals surface area contributed by atoms with Crippen molar-refractivity contribution in [3.63, 3.8) is 0 Å². The van der Waals surface area contributed by atoms with Crippen molar-refractivity contribution in [2.24, 2.45) is 0 Å². The first-order chi connectivity index (χ1) is 12.8. The molecule has 1 aliphatic rings. The van der Waals surface area contributed by atoms with Crippen LogP contribution in [0.2, 0.25) is 0 Å². The van der Waals surface area contributed by atoms with Crippen LogP contribution in [0.4, 0.5) is 0 Å². The van der Waals surface area contributed by atoms with Crippen LogP contribution < -0.4 is 5.32 Å². The zero-order valence-electron chi connectivity index (χ0n) is 14.7. The van der Waals surface area contributed by atoms with Crippen molar-refractivity contribution in [2.75, 3.05) is 19.6 Å². The summed E-state index contributed by atoms with van der Waals surface area (Å²) in [6.45, 7) is 2.95. The van der Waals surface area contributed by atoms with Crippen LogP contribution in [0.1, 0.15) is 35.2 Å². The summed E-state index contributed by atoms with van der Waals surface area (Å²) in [4.78, 5) is 20.8. The molecule has 3 heterocycles. The molecule has 6 heteroatoms. The van der Waals surface area contributed by atoms with Gasteiger partial charge in [0.15, 0.2) is 0 Å². The smallest absolute Gasteiger partial charge is 0.220 e. The summed E-state index contributed by atoms with van der Waals surface area (Å²) in [5.41, 5.74) is 1.03. The quantitative estimate of drug-likeness (QED) is 0.661. The van der Waals surface area contributed by atoms with Crippen LogP contribution in [0.25, 0.3) is 10.2 Å². The van der Waals surface area contributed by atoms with Gasteiger partial charge in [0, 0.05) is 24.3 Å². The molecule has 1 aromatic carbocycles. The number of carbonyl (C=O) groups is 1. The highest BCUT2D eigenvalue weighted by Gasteiger charge is 2.24. The number of fused-ring (bicyclic) bond motifs is 1. The Balaban J connectivity index is 1.32. The van der Waals surface area contributed by atoms with Crippen molar-refractivity contribution in [3.05, 3.63) is 51.7 Å². The first-order valence-corrected chi connectivity index (χ1v) is 10.9. The number of aromatic nitrogens is 1. The Hall–Kier alpha value is -1.76. The van der Waals surface area contributed by atoms with E-state index in [1.54, 1.807) is 22.7 Å². The van der Waals surface area contributed by atoms with Gasteiger partial charge in [-0.05, 0) is 49.5 Å². The lowest BCUT2D eigenvalue weighted by molar-refractivity contribution is -0.121. The number of hydrogen-bond donors (Lipinski definition) is 1. The number of hydrogen-bond acceptors (Lipinski definition) is 5. The molecular weight excluding hydrogens is 362 g/mol. The van der Waals surface area contributed by atoms with E-state index in [1.807, 2.05) is 18.2 Å². The van der Waals surface area contributed by atoms with Crippen LogP contribution in [-0.4, -0.2) is 35.4 Å². The van der Waals surface area contributed by atoms with E-state index in [-0.39, 0.29) is 5.91 Å². The highest BCUT2D eigenvalue weighted by atomic mass is 32.1. The van der Waals surface area contributed by atoms with Crippen molar-refractivity contribution in [3.8, 4) is 0 Å². The fourth-order valence-corrected chi connectivity index (χ4v) is 5.32. The second-order valence-electron chi connectivity index (χ2n) is 6.65. The SMILES string of the molecule is O=C(CCc1nc2ccccc2s1)NCC(c1cccs1)N1CCCC1. The van der Waals surface area contributed by atoms with E-state index in [1.165, 1.54) is 22.4 Å². The van der Waals surface area contributed by atoms with Crippen LogP contribution in [0, 0.1) is 0 Å². The van der Waals surface area contributed by atoms with Gasteiger partial charge in [0.25, 0.3) is 0 Å². The fourth-order valence-electron chi connectivity index (χ4n) is 3.49. The summed E-state index contributed by atoms with van der Waals surface area (Å²) in [6.07, 6.45) is 3.72. The predicted molar refractivity (Wildman–Crippen MR) is 109 cm³/mol. The first-order valence-electron chi connectivity index (χ1n) is 9.18. The Kier molecular flexibility index (Phi) is 5.62. The molecule has 0 bridgehead atoms. The van der Waals surface area contributed by atoms with Crippen molar-refractivity contribution in [1.29, 1.82) is 0 Å². The zero-order valence-corrected chi connectivity index (χ0v) is 16.3. The number of nitrogens with zero attached hydrogens (tertiary/aromatic N) is 2. The number of carbonyl (C=O) groups excluding carboxylic acids is 1. The molecule has 26 heavy (non-hydrogen) atoms. The van der Waals surface area contributed by atoms with Crippen LogP contribution in [-0.2, 0) is 11.2 Å². The Morgan fingerprint density at radius 3 is 2.81 bits per heavy atom. The Morgan fingerprint density at radius 2 is 2.04 bits per heavy atom. The minimum Gasteiger partial charge on any atom is -0.354 e. The third-order valence-electron chi connectivity index (χ3n) is 4.85. The van der Waals surface area contributed by atoms with Gasteiger partial charge in [-0.25, -0.2) is 4.98 Å². The van der Waals surface area contributed by atoms with Gasteiger partial charge < -0.3 is 5.32 Å². The average molecular weight is 386 g/mol. The van der Waals surface area contributed by atoms with Gasteiger partial charge in [-0.2, -0.15) is 0 Å². The first kappa shape index (κ1) is 17.6. The number of amides is 1. The number of para-hydroxylation sites is 1. The molecule has 0 aliphatic carbocycles. The van der Waals surface area contributed by atoms with Gasteiger partial charge in [-0.3, -0.25) is 9.69 Å². The molecule has 2 aromatic heterocycles. The van der Waals surface area contributed by atoms with Gasteiger partial charge in [0.05, 0.1) is 21.3 Å². The molecule has 1 fully saturated rings. The summed E-state index contributed by atoms with van der Waals surface area (Å²) in [5.74, 6) is 0.116. The minimum atomic E-state index is 0.116. The van der Waals surface area contributed by atoms with Gasteiger partial charge in [0.1, 0.15) is 0 Å². The number of rotatable bonds is 7. The van der Waals surface area contributed by atoms with Crippen LogP contribution >= 0.6 is 22.7 Å². The largest absolute Gasteiger partial charge is 0.354 e. The topological polar surface area (TPSA) is 45.2 Å². The number of aryl methyl sites for hydroxylation is 1. The molecule has 1 unspecified atom stereocenters. The van der Waals surface area contributed by atoms with Crippen LogP contribution in [0.15, 0.2) is 41.8 Å². The standard InChI is InChI=1S/C20H23N3OS2/c24-19(9-10-20-22-15-6-1-2-7-17(15)26-20)21-14-16(18-8-5-13-25-18)23-11-3-4-12-23/h1-2,5-8,13,16H,3-4,9-12,14H2,(H,21,24). The maximum absolute atomic E-state index is 12.4. The molecule has 4 rings (SSSR count). The molecule has 0 saturated carbocycles. The molecule has 1 saturated heterocycles. The molecule has 1 atom stereocenters. The highest BCUT2D eigenvalue weighted by Crippen LogP contribution is 2.28. The zero-order chi connectivity index (χ0) is 17.8. The third kappa shape index (κ3) is 4.14. The van der Waals surface area contributed by atoms with Gasteiger partial charge >= 0.3 is 0 Å². The maximum atomic E-state index is 12.4. The summed E-state index contributed by atoms with van der Waals surface area (Å²) in [7, 11) is 0.